The number of phenolic OH excluding ortho intramolecular Hbond substituents is 4. The van der Waals surface area contributed by atoms with Crippen LogP contribution in [0.15, 0.2) is 48.5 Å². The van der Waals surface area contributed by atoms with Crippen molar-refractivity contribution in [2.45, 2.75) is 183 Å². The van der Waals surface area contributed by atoms with Crippen molar-refractivity contribution in [3.05, 3.63) is 115 Å². The van der Waals surface area contributed by atoms with Crippen molar-refractivity contribution in [1.82, 2.24) is 0 Å². The van der Waals surface area contributed by atoms with E-state index in [2.05, 4.69) is 163 Å². The molecule has 0 spiro atoms. The fraction of sp³-hybridized carbons (Fsp3) is 0.538. The number of hydrogen-bond donors (Lipinski definition) is 4. The normalized spacial score (nSPS) is 13.6. The van der Waals surface area contributed by atoms with Gasteiger partial charge >= 0.3 is 0 Å². The second kappa shape index (κ2) is 14.5. The number of aryl methyl sites for hydroxylation is 2. The van der Waals surface area contributed by atoms with Gasteiger partial charge in [-0.3, -0.25) is 0 Å². The standard InChI is InChI=1S/C52H74O4/c1-29-21-33(45(55)39(23-29)51(15,16)17)41(34-22-30(2)24-40(46(34)56)52(18,19)20)44(42-35(47(3,4)5)25-31(53)26-36(42)48(6,7)8)43-37(49(9,10)11)27-32(54)28-38(43)50(12,13)14/h21-28,41,44,53-56H,1-20H3. The summed E-state index contributed by atoms with van der Waals surface area (Å²) in [5.74, 6) is -0.270. The van der Waals surface area contributed by atoms with E-state index in [1.165, 1.54) is 0 Å². The van der Waals surface area contributed by atoms with Gasteiger partial charge in [0.25, 0.3) is 0 Å². The Morgan fingerprint density at radius 3 is 0.768 bits per heavy atom. The predicted molar refractivity (Wildman–Crippen MR) is 238 cm³/mol. The molecule has 0 heterocycles. The summed E-state index contributed by atoms with van der Waals surface area (Å²) in [7, 11) is 0. The van der Waals surface area contributed by atoms with Crippen molar-refractivity contribution >= 4 is 0 Å². The molecule has 0 aromatic heterocycles. The molecule has 0 unspecified atom stereocenters. The van der Waals surface area contributed by atoms with Crippen molar-refractivity contribution in [2.24, 2.45) is 0 Å². The zero-order chi connectivity index (χ0) is 43.0. The molecular formula is C52H74O4. The van der Waals surface area contributed by atoms with Crippen LogP contribution in [-0.4, -0.2) is 20.4 Å². The molecule has 4 N–H and O–H groups in total. The van der Waals surface area contributed by atoms with Gasteiger partial charge in [-0.05, 0) is 115 Å². The van der Waals surface area contributed by atoms with E-state index < -0.39 is 33.5 Å². The number of benzene rings is 4. The van der Waals surface area contributed by atoms with E-state index in [0.717, 1.165) is 66.8 Å². The molecule has 0 bridgehead atoms. The molecule has 4 rings (SSSR count). The molecule has 0 aliphatic heterocycles. The Morgan fingerprint density at radius 2 is 0.554 bits per heavy atom. The van der Waals surface area contributed by atoms with Gasteiger partial charge in [0.15, 0.2) is 0 Å². The molecular weight excluding hydrogens is 689 g/mol. The molecule has 0 aliphatic rings. The lowest BCUT2D eigenvalue weighted by Gasteiger charge is -2.43. The Hall–Kier alpha value is -3.92. The summed E-state index contributed by atoms with van der Waals surface area (Å²) in [6.45, 7) is 43.3. The zero-order valence-electron chi connectivity index (χ0n) is 38.6. The topological polar surface area (TPSA) is 80.9 Å². The highest BCUT2D eigenvalue weighted by molar-refractivity contribution is 5.65. The van der Waals surface area contributed by atoms with E-state index in [9.17, 15) is 20.4 Å². The Morgan fingerprint density at radius 1 is 0.321 bits per heavy atom. The van der Waals surface area contributed by atoms with E-state index >= 15 is 0 Å². The van der Waals surface area contributed by atoms with Gasteiger partial charge in [-0.25, -0.2) is 0 Å². The highest BCUT2D eigenvalue weighted by Crippen LogP contribution is 2.58. The molecule has 4 aromatic carbocycles. The Labute approximate surface area is 340 Å². The second-order valence-electron chi connectivity index (χ2n) is 22.9. The van der Waals surface area contributed by atoms with Crippen LogP contribution in [0.3, 0.4) is 0 Å². The summed E-state index contributed by atoms with van der Waals surface area (Å²) in [6, 6.07) is 16.1. The van der Waals surface area contributed by atoms with Crippen LogP contribution in [0.1, 0.15) is 203 Å². The van der Waals surface area contributed by atoms with Crippen molar-refractivity contribution < 1.29 is 20.4 Å². The quantitative estimate of drug-likeness (QED) is 0.163. The number of rotatable bonds is 5. The lowest BCUT2D eigenvalue weighted by atomic mass is 9.61. The number of phenols is 4. The fourth-order valence-electron chi connectivity index (χ4n) is 8.66. The molecule has 0 saturated carbocycles. The molecule has 56 heavy (non-hydrogen) atoms. The third-order valence-electron chi connectivity index (χ3n) is 11.4. The Kier molecular flexibility index (Phi) is 11.6. The lowest BCUT2D eigenvalue weighted by Crippen LogP contribution is -2.31. The molecule has 0 amide bonds. The van der Waals surface area contributed by atoms with Crippen LogP contribution in [-0.2, 0) is 32.5 Å². The molecule has 4 aromatic rings. The zero-order valence-corrected chi connectivity index (χ0v) is 38.6. The van der Waals surface area contributed by atoms with Gasteiger partial charge in [0.1, 0.15) is 23.0 Å². The smallest absolute Gasteiger partial charge is 0.123 e. The van der Waals surface area contributed by atoms with Crippen LogP contribution < -0.4 is 0 Å². The first kappa shape index (κ1) is 44.8. The van der Waals surface area contributed by atoms with Crippen molar-refractivity contribution in [3.63, 3.8) is 0 Å². The van der Waals surface area contributed by atoms with Gasteiger partial charge in [0, 0.05) is 23.0 Å². The van der Waals surface area contributed by atoms with Crippen LogP contribution >= 0.6 is 0 Å². The predicted octanol–water partition coefficient (Wildman–Crippen LogP) is 13.9. The molecule has 0 radical (unpaired) electrons. The first-order chi connectivity index (χ1) is 25.1. The summed E-state index contributed by atoms with van der Waals surface area (Å²) >= 11 is 0. The highest BCUT2D eigenvalue weighted by atomic mass is 16.3. The summed E-state index contributed by atoms with van der Waals surface area (Å²) in [5.41, 5.74) is 8.85. The Bertz CT molecular complexity index is 1880. The van der Waals surface area contributed by atoms with E-state index in [1.54, 1.807) is 0 Å². The molecule has 0 atom stereocenters. The molecule has 0 fully saturated rings. The highest BCUT2D eigenvalue weighted by Gasteiger charge is 2.44. The van der Waals surface area contributed by atoms with Gasteiger partial charge in [-0.2, -0.15) is 0 Å². The van der Waals surface area contributed by atoms with Gasteiger partial charge in [-0.1, -0.05) is 160 Å². The second-order valence-corrected chi connectivity index (χ2v) is 22.9. The maximum absolute atomic E-state index is 12.9. The minimum Gasteiger partial charge on any atom is -0.508 e. The fourth-order valence-corrected chi connectivity index (χ4v) is 8.66. The van der Waals surface area contributed by atoms with Crippen LogP contribution in [0.4, 0.5) is 0 Å². The van der Waals surface area contributed by atoms with Crippen LogP contribution in [0, 0.1) is 13.8 Å². The van der Waals surface area contributed by atoms with Gasteiger partial charge in [0.05, 0.1) is 0 Å². The van der Waals surface area contributed by atoms with Crippen molar-refractivity contribution in [2.75, 3.05) is 0 Å². The molecule has 0 aliphatic carbocycles. The van der Waals surface area contributed by atoms with Crippen LogP contribution in [0.25, 0.3) is 0 Å². The van der Waals surface area contributed by atoms with Crippen LogP contribution in [0.2, 0.25) is 0 Å². The number of hydrogen-bond acceptors (Lipinski definition) is 4. The molecule has 306 valence electrons. The van der Waals surface area contributed by atoms with E-state index in [0.29, 0.717) is 0 Å². The average Bonchev–Trinajstić information content (AvgIpc) is 2.99. The third-order valence-corrected chi connectivity index (χ3v) is 11.4. The minimum atomic E-state index is -0.615. The molecule has 4 heteroatoms. The van der Waals surface area contributed by atoms with Gasteiger partial charge in [0.2, 0.25) is 0 Å². The summed E-state index contributed by atoms with van der Waals surface area (Å²) in [4.78, 5) is 0. The van der Waals surface area contributed by atoms with Crippen molar-refractivity contribution in [3.8, 4) is 23.0 Å². The largest absolute Gasteiger partial charge is 0.508 e. The van der Waals surface area contributed by atoms with Crippen LogP contribution in [0.5, 0.6) is 23.0 Å². The van der Waals surface area contributed by atoms with Crippen molar-refractivity contribution in [1.29, 1.82) is 0 Å². The summed E-state index contributed by atoms with van der Waals surface area (Å²) in [5, 5.41) is 48.9. The number of aromatic hydroxyl groups is 4. The van der Waals surface area contributed by atoms with E-state index in [-0.39, 0.29) is 33.8 Å². The van der Waals surface area contributed by atoms with Gasteiger partial charge in [-0.15, -0.1) is 0 Å². The average molecular weight is 763 g/mol. The monoisotopic (exact) mass is 763 g/mol. The summed E-state index contributed by atoms with van der Waals surface area (Å²) < 4.78 is 0. The van der Waals surface area contributed by atoms with E-state index in [1.807, 2.05) is 24.3 Å². The lowest BCUT2D eigenvalue weighted by molar-refractivity contribution is 0.419. The minimum absolute atomic E-state index is 0.207. The third kappa shape index (κ3) is 8.95. The van der Waals surface area contributed by atoms with Gasteiger partial charge < -0.3 is 20.4 Å². The first-order valence-corrected chi connectivity index (χ1v) is 20.5. The molecule has 0 saturated heterocycles. The SMILES string of the molecule is Cc1cc(C(c2cc(C)cc(C(C)(C)C)c2O)C(c2c(C(C)(C)C)cc(O)cc2C(C)(C)C)c2c(C(C)(C)C)cc(O)cc2C(C)(C)C)c(O)c(C(C)(C)C)c1. The summed E-state index contributed by atoms with van der Waals surface area (Å²) in [6.07, 6.45) is 0. The maximum atomic E-state index is 12.9. The first-order valence-electron chi connectivity index (χ1n) is 20.5. The Balaban J connectivity index is 2.60. The van der Waals surface area contributed by atoms with E-state index in [4.69, 9.17) is 0 Å². The maximum Gasteiger partial charge on any atom is 0.123 e. The molecule has 4 nitrogen and oxygen atoms in total.